The standard InChI is InChI=1S/C61H35N6O3.Pt/c1-3-16-38(17-4-1)42-21-15-22-43(39-18-5-2-6-19-39)59(42)65-37-64(50-25-10-11-26-51(50)65)40-32-47-46-35-45-44-20-7-12-27-54(44)69-55(45)36-56(46)70-60(47)57(33-40)68-41-29-30-52-53(34-41)67(58-28-13-14-31-62-58)61-63-48-23-8-9-24-49(48)66(52)61;/h1-32,35-37H;/q-3;. The number of furan rings is 2. The summed E-state index contributed by atoms with van der Waals surface area (Å²) in [4.78, 5) is 14.3. The second-order valence-corrected chi connectivity index (χ2v) is 17.5. The van der Waals surface area contributed by atoms with E-state index in [1.807, 2.05) is 71.3 Å². The molecule has 71 heavy (non-hydrogen) atoms. The molecular weight excluding hydrogens is 1060 g/mol. The van der Waals surface area contributed by atoms with E-state index in [0.29, 0.717) is 28.5 Å². The molecule has 9 nitrogen and oxygen atoms in total. The van der Waals surface area contributed by atoms with E-state index in [0.717, 1.165) is 106 Å². The molecule has 0 fully saturated rings. The van der Waals surface area contributed by atoms with Crippen molar-refractivity contribution in [2.24, 2.45) is 0 Å². The van der Waals surface area contributed by atoms with Gasteiger partial charge >= 0.3 is 0 Å². The smallest absolute Gasteiger partial charge is 0.208 e. The third-order valence-electron chi connectivity index (χ3n) is 13.5. The van der Waals surface area contributed by atoms with Crippen molar-refractivity contribution in [3.05, 3.63) is 225 Å². The Hall–Kier alpha value is -8.91. The van der Waals surface area contributed by atoms with Gasteiger partial charge in [0.15, 0.2) is 0 Å². The van der Waals surface area contributed by atoms with Gasteiger partial charge in [-0.3, -0.25) is 4.57 Å². The molecule has 0 saturated heterocycles. The van der Waals surface area contributed by atoms with Crippen LogP contribution >= 0.6 is 0 Å². The van der Waals surface area contributed by atoms with Crippen molar-refractivity contribution in [2.75, 3.05) is 9.80 Å². The Morgan fingerprint density at radius 3 is 2.00 bits per heavy atom. The van der Waals surface area contributed by atoms with Crippen LogP contribution < -0.4 is 14.5 Å². The van der Waals surface area contributed by atoms with Gasteiger partial charge in [0.1, 0.15) is 22.6 Å². The van der Waals surface area contributed by atoms with E-state index in [4.69, 9.17) is 23.5 Å². The van der Waals surface area contributed by atoms with E-state index in [2.05, 4.69) is 166 Å². The predicted octanol–water partition coefficient (Wildman–Crippen LogP) is 15.8. The molecule has 0 amide bonds. The second kappa shape index (κ2) is 16.1. The first-order valence-corrected chi connectivity index (χ1v) is 23.1. The topological polar surface area (TPSA) is 77.1 Å². The van der Waals surface area contributed by atoms with Crippen molar-refractivity contribution in [1.82, 2.24) is 18.9 Å². The molecule has 0 atom stereocenters. The Morgan fingerprint density at radius 2 is 1.21 bits per heavy atom. The molecule has 0 unspecified atom stereocenters. The van der Waals surface area contributed by atoms with E-state index in [1.54, 1.807) is 6.20 Å². The summed E-state index contributed by atoms with van der Waals surface area (Å²) in [5.74, 6) is 2.33. The van der Waals surface area contributed by atoms with E-state index < -0.39 is 0 Å². The molecule has 0 N–H and O–H groups in total. The average Bonchev–Trinajstić information content (AvgIpc) is 4.24. The van der Waals surface area contributed by atoms with Gasteiger partial charge in [0.2, 0.25) is 5.78 Å². The number of hydrogen-bond acceptors (Lipinski definition) is 7. The van der Waals surface area contributed by atoms with E-state index in [9.17, 15) is 0 Å². The Morgan fingerprint density at radius 1 is 0.521 bits per heavy atom. The van der Waals surface area contributed by atoms with E-state index >= 15 is 0 Å². The first-order chi connectivity index (χ1) is 34.7. The van der Waals surface area contributed by atoms with Gasteiger partial charge in [-0.1, -0.05) is 138 Å². The van der Waals surface area contributed by atoms with Gasteiger partial charge < -0.3 is 27.8 Å². The number of aromatic nitrogens is 4. The molecule has 0 saturated carbocycles. The molecule has 0 spiro atoms. The number of nitrogens with zero attached hydrogens (tertiary/aromatic N) is 6. The van der Waals surface area contributed by atoms with Crippen LogP contribution in [-0.2, 0) is 21.1 Å². The van der Waals surface area contributed by atoms with Crippen LogP contribution in [0.1, 0.15) is 0 Å². The number of anilines is 4. The Labute approximate surface area is 420 Å². The fourth-order valence-corrected chi connectivity index (χ4v) is 10.4. The average molecular weight is 1100 g/mol. The minimum atomic E-state index is 0. The summed E-state index contributed by atoms with van der Waals surface area (Å²) in [6.07, 6.45) is 1.79. The fraction of sp³-hybridized carbons (Fsp3) is 0. The molecule has 340 valence electrons. The van der Waals surface area contributed by atoms with Crippen LogP contribution in [0.3, 0.4) is 0 Å². The zero-order chi connectivity index (χ0) is 45.9. The normalized spacial score (nSPS) is 12.6. The minimum absolute atomic E-state index is 0. The van der Waals surface area contributed by atoms with Crippen LogP contribution in [0.2, 0.25) is 0 Å². The molecule has 9 aromatic carbocycles. The molecule has 6 heterocycles. The number of para-hydroxylation sites is 6. The predicted molar refractivity (Wildman–Crippen MR) is 278 cm³/mol. The molecule has 1 aliphatic rings. The third-order valence-corrected chi connectivity index (χ3v) is 13.5. The fourth-order valence-electron chi connectivity index (χ4n) is 10.4. The number of hydrogen-bond donors (Lipinski definition) is 0. The molecule has 15 rings (SSSR count). The molecule has 14 aromatic rings. The van der Waals surface area contributed by atoms with E-state index in [1.165, 1.54) is 0 Å². The van der Waals surface area contributed by atoms with Gasteiger partial charge in [0.25, 0.3) is 0 Å². The SMILES string of the molecule is [Pt].[c-]1c(N2[CH-]N(c3c(-c4ccccc4)cccc3-c3ccccc3)c3ccccc32)cc2c(oc3cc4oc5ccccc5c4cc32)c1Oc1[c-]c2c(cc1)n1c3ccccc3nc1n2-c1ccccn1. The largest absolute Gasteiger partial charge is 0.512 e. The maximum Gasteiger partial charge on any atom is 0.208 e. The summed E-state index contributed by atoms with van der Waals surface area (Å²) in [6, 6.07) is 76.0. The van der Waals surface area contributed by atoms with Crippen LogP contribution in [0, 0.1) is 18.8 Å². The zero-order valence-electron chi connectivity index (χ0n) is 37.4. The van der Waals surface area contributed by atoms with Gasteiger partial charge in [-0.2, -0.15) is 0 Å². The molecule has 10 heteroatoms. The molecule has 0 radical (unpaired) electrons. The van der Waals surface area contributed by atoms with Crippen molar-refractivity contribution < 1.29 is 34.6 Å². The number of rotatable bonds is 7. The summed E-state index contributed by atoms with van der Waals surface area (Å²) >= 11 is 0. The molecular formula is C61H35N6O3Pt-3. The molecule has 5 aromatic heterocycles. The number of fused-ring (bicyclic) bond motifs is 12. The zero-order valence-corrected chi connectivity index (χ0v) is 39.7. The molecule has 0 aliphatic carbocycles. The second-order valence-electron chi connectivity index (χ2n) is 17.5. The van der Waals surface area contributed by atoms with Crippen LogP contribution in [0.5, 0.6) is 11.5 Å². The maximum absolute atomic E-state index is 7.04. The third kappa shape index (κ3) is 6.36. The monoisotopic (exact) mass is 1090 g/mol. The Bertz CT molecular complexity index is 4330. The number of pyridine rings is 1. The van der Waals surface area contributed by atoms with Gasteiger partial charge in [-0.25, -0.2) is 9.97 Å². The summed E-state index contributed by atoms with van der Waals surface area (Å²) < 4.78 is 24.4. The quantitative estimate of drug-likeness (QED) is 0.147. The maximum atomic E-state index is 7.04. The van der Waals surface area contributed by atoms with Crippen molar-refractivity contribution >= 4 is 94.5 Å². The van der Waals surface area contributed by atoms with Crippen LogP contribution in [0.4, 0.5) is 22.7 Å². The Balaban J connectivity index is 0.00000470. The first kappa shape index (κ1) is 41.1. The van der Waals surface area contributed by atoms with Crippen molar-refractivity contribution in [3.8, 4) is 39.6 Å². The summed E-state index contributed by atoms with van der Waals surface area (Å²) in [5.41, 5.74) is 14.6. The summed E-state index contributed by atoms with van der Waals surface area (Å²) in [6.45, 7) is 2.17. The van der Waals surface area contributed by atoms with Gasteiger partial charge in [-0.15, -0.1) is 37.0 Å². The minimum Gasteiger partial charge on any atom is -0.512 e. The number of benzene rings is 9. The molecule has 0 bridgehead atoms. The van der Waals surface area contributed by atoms with Crippen LogP contribution in [0.15, 0.2) is 215 Å². The van der Waals surface area contributed by atoms with Gasteiger partial charge in [-0.05, 0) is 70.7 Å². The Kier molecular flexibility index (Phi) is 9.31. The van der Waals surface area contributed by atoms with Crippen LogP contribution in [-0.4, -0.2) is 18.9 Å². The number of imidazole rings is 2. The van der Waals surface area contributed by atoms with Gasteiger partial charge in [0, 0.05) is 83.4 Å². The van der Waals surface area contributed by atoms with Crippen molar-refractivity contribution in [1.29, 1.82) is 0 Å². The van der Waals surface area contributed by atoms with Crippen molar-refractivity contribution in [2.45, 2.75) is 0 Å². The first-order valence-electron chi connectivity index (χ1n) is 23.1. The van der Waals surface area contributed by atoms with Gasteiger partial charge in [0.05, 0.1) is 22.4 Å². The van der Waals surface area contributed by atoms with Crippen LogP contribution in [0.25, 0.3) is 99.8 Å². The summed E-state index contributed by atoms with van der Waals surface area (Å²) in [7, 11) is 0. The summed E-state index contributed by atoms with van der Waals surface area (Å²) in [5, 5.41) is 3.84. The van der Waals surface area contributed by atoms with Crippen molar-refractivity contribution in [3.63, 3.8) is 0 Å². The van der Waals surface area contributed by atoms with E-state index in [-0.39, 0.29) is 21.1 Å². The molecule has 1 aliphatic heterocycles. The number of ether oxygens (including phenoxy) is 1.